The molecule has 0 aromatic carbocycles. The SMILES string of the molecule is CCOC(=O)c1cn2cc(-c3c(-c4ccccn4)nn4c3CCC4)ccc2n1. The minimum Gasteiger partial charge on any atom is -0.461 e. The third kappa shape index (κ3) is 2.67. The normalized spacial score (nSPS) is 13.0. The van der Waals surface area contributed by atoms with Gasteiger partial charge in [-0.1, -0.05) is 6.07 Å². The molecule has 7 heteroatoms. The van der Waals surface area contributed by atoms with Crippen molar-refractivity contribution >= 4 is 11.6 Å². The summed E-state index contributed by atoms with van der Waals surface area (Å²) >= 11 is 0. The largest absolute Gasteiger partial charge is 0.461 e. The first-order chi connectivity index (χ1) is 13.7. The number of rotatable bonds is 4. The molecule has 7 nitrogen and oxygen atoms in total. The van der Waals surface area contributed by atoms with Crippen molar-refractivity contribution in [1.29, 1.82) is 0 Å². The first kappa shape index (κ1) is 16.7. The molecule has 0 saturated heterocycles. The van der Waals surface area contributed by atoms with Crippen LogP contribution in [-0.4, -0.2) is 36.7 Å². The third-order valence-electron chi connectivity index (χ3n) is 4.97. The van der Waals surface area contributed by atoms with Crippen LogP contribution in [0.3, 0.4) is 0 Å². The van der Waals surface area contributed by atoms with Crippen LogP contribution in [0.2, 0.25) is 0 Å². The van der Waals surface area contributed by atoms with E-state index in [1.165, 1.54) is 5.69 Å². The minimum absolute atomic E-state index is 0.309. The molecule has 5 heterocycles. The van der Waals surface area contributed by atoms with Gasteiger partial charge in [0.2, 0.25) is 0 Å². The van der Waals surface area contributed by atoms with Crippen LogP contribution in [0.15, 0.2) is 48.9 Å². The number of carbonyl (C=O) groups excluding carboxylic acids is 1. The van der Waals surface area contributed by atoms with E-state index in [9.17, 15) is 4.79 Å². The van der Waals surface area contributed by atoms with Crippen LogP contribution in [0, 0.1) is 0 Å². The van der Waals surface area contributed by atoms with Gasteiger partial charge in [-0.3, -0.25) is 9.67 Å². The Kier molecular flexibility index (Phi) is 3.93. The average Bonchev–Trinajstić information content (AvgIpc) is 3.42. The molecular weight excluding hydrogens is 354 g/mol. The maximum atomic E-state index is 12.0. The van der Waals surface area contributed by atoms with Gasteiger partial charge in [0.15, 0.2) is 5.69 Å². The fraction of sp³-hybridized carbons (Fsp3) is 0.238. The van der Waals surface area contributed by atoms with Gasteiger partial charge in [0.25, 0.3) is 0 Å². The molecule has 0 amide bonds. The van der Waals surface area contributed by atoms with Crippen molar-refractivity contribution in [2.45, 2.75) is 26.3 Å². The fourth-order valence-electron chi connectivity index (χ4n) is 3.76. The van der Waals surface area contributed by atoms with Gasteiger partial charge in [-0.2, -0.15) is 5.10 Å². The summed E-state index contributed by atoms with van der Waals surface area (Å²) in [6, 6.07) is 9.80. The molecule has 0 aliphatic carbocycles. The fourth-order valence-corrected chi connectivity index (χ4v) is 3.76. The second-order valence-corrected chi connectivity index (χ2v) is 6.74. The van der Waals surface area contributed by atoms with E-state index in [-0.39, 0.29) is 0 Å². The lowest BCUT2D eigenvalue weighted by atomic mass is 10.0. The molecular formula is C21H19N5O2. The van der Waals surface area contributed by atoms with Gasteiger partial charge in [-0.05, 0) is 44.0 Å². The number of fused-ring (bicyclic) bond motifs is 2. The lowest BCUT2D eigenvalue weighted by molar-refractivity contribution is 0.0520. The number of esters is 1. The zero-order valence-electron chi connectivity index (χ0n) is 15.5. The summed E-state index contributed by atoms with van der Waals surface area (Å²) in [4.78, 5) is 20.9. The Hall–Kier alpha value is -3.48. The molecule has 0 saturated carbocycles. The molecule has 1 aliphatic heterocycles. The van der Waals surface area contributed by atoms with Gasteiger partial charge in [0.05, 0.1) is 12.3 Å². The molecule has 0 atom stereocenters. The van der Waals surface area contributed by atoms with E-state index in [0.717, 1.165) is 41.9 Å². The number of aryl methyl sites for hydroxylation is 1. The summed E-state index contributed by atoms with van der Waals surface area (Å²) in [7, 11) is 0. The molecule has 140 valence electrons. The van der Waals surface area contributed by atoms with Crippen molar-refractivity contribution in [1.82, 2.24) is 24.1 Å². The Labute approximate surface area is 161 Å². The summed E-state index contributed by atoms with van der Waals surface area (Å²) in [6.45, 7) is 3.04. The molecule has 0 bridgehead atoms. The first-order valence-corrected chi connectivity index (χ1v) is 9.42. The van der Waals surface area contributed by atoms with E-state index in [4.69, 9.17) is 9.84 Å². The Morgan fingerprint density at radius 2 is 2.14 bits per heavy atom. The van der Waals surface area contributed by atoms with Gasteiger partial charge in [0, 0.05) is 42.0 Å². The number of imidazole rings is 1. The van der Waals surface area contributed by atoms with Crippen molar-refractivity contribution in [3.05, 3.63) is 60.3 Å². The maximum absolute atomic E-state index is 12.0. The Morgan fingerprint density at radius 3 is 2.96 bits per heavy atom. The van der Waals surface area contributed by atoms with E-state index in [0.29, 0.717) is 17.9 Å². The smallest absolute Gasteiger partial charge is 0.358 e. The zero-order valence-corrected chi connectivity index (χ0v) is 15.5. The van der Waals surface area contributed by atoms with Gasteiger partial charge in [-0.15, -0.1) is 0 Å². The van der Waals surface area contributed by atoms with E-state index in [1.54, 1.807) is 19.3 Å². The molecule has 0 N–H and O–H groups in total. The Bertz CT molecular complexity index is 1180. The van der Waals surface area contributed by atoms with Crippen molar-refractivity contribution in [2.24, 2.45) is 0 Å². The van der Waals surface area contributed by atoms with E-state index in [2.05, 4.69) is 14.6 Å². The quantitative estimate of drug-likeness (QED) is 0.513. The van der Waals surface area contributed by atoms with E-state index < -0.39 is 5.97 Å². The van der Waals surface area contributed by atoms with Gasteiger partial charge in [0.1, 0.15) is 11.3 Å². The van der Waals surface area contributed by atoms with Crippen LogP contribution in [0.25, 0.3) is 28.2 Å². The topological polar surface area (TPSA) is 74.3 Å². The van der Waals surface area contributed by atoms with Crippen LogP contribution < -0.4 is 0 Å². The zero-order chi connectivity index (χ0) is 19.1. The third-order valence-corrected chi connectivity index (χ3v) is 4.97. The van der Waals surface area contributed by atoms with E-state index in [1.807, 2.05) is 40.9 Å². The number of aromatic nitrogens is 5. The number of ether oxygens (including phenoxy) is 1. The van der Waals surface area contributed by atoms with Crippen LogP contribution >= 0.6 is 0 Å². The van der Waals surface area contributed by atoms with Gasteiger partial charge in [-0.25, -0.2) is 9.78 Å². The minimum atomic E-state index is -0.409. The van der Waals surface area contributed by atoms with Gasteiger partial charge >= 0.3 is 5.97 Å². The number of hydrogen-bond donors (Lipinski definition) is 0. The number of hydrogen-bond acceptors (Lipinski definition) is 5. The Balaban J connectivity index is 1.65. The maximum Gasteiger partial charge on any atom is 0.358 e. The molecule has 4 aromatic rings. The number of pyridine rings is 2. The van der Waals surface area contributed by atoms with Crippen molar-refractivity contribution in [3.63, 3.8) is 0 Å². The number of carbonyl (C=O) groups is 1. The van der Waals surface area contributed by atoms with Crippen LogP contribution in [0.5, 0.6) is 0 Å². The average molecular weight is 373 g/mol. The van der Waals surface area contributed by atoms with Crippen molar-refractivity contribution in [3.8, 4) is 22.5 Å². The predicted octanol–water partition coefficient (Wildman–Crippen LogP) is 3.38. The summed E-state index contributed by atoms with van der Waals surface area (Å²) in [5.74, 6) is -0.409. The van der Waals surface area contributed by atoms with Crippen LogP contribution in [0.1, 0.15) is 29.5 Å². The lowest BCUT2D eigenvalue weighted by Gasteiger charge is -2.06. The van der Waals surface area contributed by atoms with Crippen LogP contribution in [0.4, 0.5) is 0 Å². The summed E-state index contributed by atoms with van der Waals surface area (Å²) in [6.07, 6.45) is 7.58. The second kappa shape index (κ2) is 6.60. The molecule has 1 aliphatic rings. The molecule has 0 unspecified atom stereocenters. The Morgan fingerprint density at radius 1 is 1.21 bits per heavy atom. The molecule has 4 aromatic heterocycles. The lowest BCUT2D eigenvalue weighted by Crippen LogP contribution is -2.04. The molecule has 0 radical (unpaired) electrons. The number of nitrogens with zero attached hydrogens (tertiary/aromatic N) is 5. The highest BCUT2D eigenvalue weighted by atomic mass is 16.5. The highest BCUT2D eigenvalue weighted by molar-refractivity contribution is 5.88. The second-order valence-electron chi connectivity index (χ2n) is 6.74. The monoisotopic (exact) mass is 373 g/mol. The van der Waals surface area contributed by atoms with Crippen molar-refractivity contribution in [2.75, 3.05) is 6.61 Å². The summed E-state index contributed by atoms with van der Waals surface area (Å²) in [5.41, 5.74) is 6.12. The van der Waals surface area contributed by atoms with Crippen LogP contribution in [-0.2, 0) is 17.7 Å². The molecule has 28 heavy (non-hydrogen) atoms. The highest BCUT2D eigenvalue weighted by Crippen LogP contribution is 2.36. The standard InChI is InChI=1S/C21H19N5O2/c1-2-28-21(27)16-13-25-12-14(8-9-18(25)23-16)19-17-7-5-11-26(17)24-20(19)15-6-3-4-10-22-15/h3-4,6,8-10,12-13H,2,5,7,11H2,1H3. The van der Waals surface area contributed by atoms with Gasteiger partial charge < -0.3 is 9.14 Å². The molecule has 0 fully saturated rings. The molecule has 5 rings (SSSR count). The predicted molar refractivity (Wildman–Crippen MR) is 104 cm³/mol. The highest BCUT2D eigenvalue weighted by Gasteiger charge is 2.24. The summed E-state index contributed by atoms with van der Waals surface area (Å²) in [5, 5.41) is 4.83. The van der Waals surface area contributed by atoms with Crippen molar-refractivity contribution < 1.29 is 9.53 Å². The summed E-state index contributed by atoms with van der Waals surface area (Å²) < 4.78 is 9.01. The first-order valence-electron chi connectivity index (χ1n) is 9.42. The molecule has 0 spiro atoms. The van der Waals surface area contributed by atoms with E-state index >= 15 is 0 Å².